The van der Waals surface area contributed by atoms with E-state index >= 15 is 0 Å². The third-order valence-corrected chi connectivity index (χ3v) is 5.26. The quantitative estimate of drug-likeness (QED) is 0.180. The average molecular weight is 528 g/mol. The van der Waals surface area contributed by atoms with Gasteiger partial charge < -0.3 is 14.8 Å². The van der Waals surface area contributed by atoms with Crippen molar-refractivity contribution in [3.05, 3.63) is 93.0 Å². The molecule has 10 heteroatoms. The van der Waals surface area contributed by atoms with Crippen LogP contribution in [-0.4, -0.2) is 37.1 Å². The van der Waals surface area contributed by atoms with E-state index in [2.05, 4.69) is 15.8 Å². The molecular formula is C26H23Cl2N3O5. The Bertz CT molecular complexity index is 1310. The lowest BCUT2D eigenvalue weighted by Crippen LogP contribution is -2.34. The molecule has 0 fully saturated rings. The first-order valence-electron chi connectivity index (χ1n) is 10.9. The van der Waals surface area contributed by atoms with Crippen molar-refractivity contribution >= 4 is 47.2 Å². The average Bonchev–Trinajstić information content (AvgIpc) is 2.84. The number of halogens is 2. The highest BCUT2D eigenvalue weighted by atomic mass is 35.5. The molecule has 2 N–H and O–H groups in total. The number of rotatable bonds is 9. The molecule has 0 unspecified atom stereocenters. The first kappa shape index (κ1) is 26.7. The number of hydrogen-bond donors (Lipinski definition) is 2. The SMILES string of the molecule is CCOc1cc(/C=N/NC(=O)CNC(=O)c2cccc(C)c2)ccc1OC(=O)c1ccc(Cl)cc1Cl. The zero-order valence-electron chi connectivity index (χ0n) is 19.5. The second-order valence-corrected chi connectivity index (χ2v) is 8.34. The molecule has 0 spiro atoms. The first-order valence-corrected chi connectivity index (χ1v) is 11.6. The van der Waals surface area contributed by atoms with Crippen LogP contribution < -0.4 is 20.2 Å². The van der Waals surface area contributed by atoms with Crippen LogP contribution in [0.5, 0.6) is 11.5 Å². The summed E-state index contributed by atoms with van der Waals surface area (Å²) in [5.41, 5.74) is 4.49. The monoisotopic (exact) mass is 527 g/mol. The van der Waals surface area contributed by atoms with Crippen LogP contribution in [0.15, 0.2) is 65.8 Å². The van der Waals surface area contributed by atoms with Crippen LogP contribution in [0, 0.1) is 6.92 Å². The highest BCUT2D eigenvalue weighted by Crippen LogP contribution is 2.30. The molecule has 0 heterocycles. The molecule has 3 aromatic carbocycles. The Morgan fingerprint density at radius 1 is 1.00 bits per heavy atom. The number of benzene rings is 3. The van der Waals surface area contributed by atoms with Crippen LogP contribution in [0.3, 0.4) is 0 Å². The number of nitrogens with one attached hydrogen (secondary N) is 2. The molecule has 0 aliphatic rings. The zero-order chi connectivity index (χ0) is 26.1. The van der Waals surface area contributed by atoms with Gasteiger partial charge in [-0.25, -0.2) is 10.2 Å². The van der Waals surface area contributed by atoms with Crippen molar-refractivity contribution in [2.45, 2.75) is 13.8 Å². The van der Waals surface area contributed by atoms with Gasteiger partial charge in [-0.2, -0.15) is 5.10 Å². The number of ether oxygens (including phenoxy) is 2. The number of nitrogens with zero attached hydrogens (tertiary/aromatic N) is 1. The Morgan fingerprint density at radius 2 is 1.81 bits per heavy atom. The van der Waals surface area contributed by atoms with Gasteiger partial charge in [-0.3, -0.25) is 9.59 Å². The second-order valence-electron chi connectivity index (χ2n) is 7.50. The van der Waals surface area contributed by atoms with Gasteiger partial charge in [0.1, 0.15) is 0 Å². The lowest BCUT2D eigenvalue weighted by molar-refractivity contribution is -0.120. The standard InChI is InChI=1S/C26H23Cl2N3O5/c1-3-35-23-12-17(7-10-22(23)36-26(34)20-9-8-19(27)13-21(20)28)14-30-31-24(32)15-29-25(33)18-6-4-5-16(2)11-18/h4-14H,3,15H2,1-2H3,(H,29,33)(H,31,32)/b30-14+. The van der Waals surface area contributed by atoms with Crippen molar-refractivity contribution < 1.29 is 23.9 Å². The van der Waals surface area contributed by atoms with E-state index in [0.717, 1.165) is 5.56 Å². The third kappa shape index (κ3) is 7.56. The van der Waals surface area contributed by atoms with Gasteiger partial charge in [-0.05, 0) is 67.9 Å². The van der Waals surface area contributed by atoms with E-state index in [1.165, 1.54) is 30.5 Å². The number of carbonyl (C=O) groups is 3. The molecule has 186 valence electrons. The highest BCUT2D eigenvalue weighted by Gasteiger charge is 2.16. The number of carbonyl (C=O) groups excluding carboxylic acids is 3. The normalized spacial score (nSPS) is 10.7. The third-order valence-electron chi connectivity index (χ3n) is 4.71. The maximum absolute atomic E-state index is 12.5. The summed E-state index contributed by atoms with van der Waals surface area (Å²) >= 11 is 12.0. The number of hydrogen-bond acceptors (Lipinski definition) is 6. The Hall–Kier alpha value is -3.88. The van der Waals surface area contributed by atoms with Gasteiger partial charge in [0.25, 0.3) is 11.8 Å². The minimum absolute atomic E-state index is 0.159. The molecule has 0 atom stereocenters. The Kier molecular flexibility index (Phi) is 9.44. The summed E-state index contributed by atoms with van der Waals surface area (Å²) in [7, 11) is 0. The van der Waals surface area contributed by atoms with E-state index in [0.29, 0.717) is 28.5 Å². The van der Waals surface area contributed by atoms with Gasteiger partial charge >= 0.3 is 5.97 Å². The minimum Gasteiger partial charge on any atom is -0.490 e. The first-order chi connectivity index (χ1) is 17.3. The maximum atomic E-state index is 12.5. The zero-order valence-corrected chi connectivity index (χ0v) is 21.0. The molecule has 0 saturated carbocycles. The molecule has 2 amide bonds. The summed E-state index contributed by atoms with van der Waals surface area (Å²) in [4.78, 5) is 36.7. The molecule has 0 aliphatic heterocycles. The molecule has 0 bridgehead atoms. The number of esters is 1. The lowest BCUT2D eigenvalue weighted by Gasteiger charge is -2.12. The fourth-order valence-electron chi connectivity index (χ4n) is 3.03. The van der Waals surface area contributed by atoms with Gasteiger partial charge in [0.2, 0.25) is 0 Å². The minimum atomic E-state index is -0.668. The smallest absolute Gasteiger partial charge is 0.345 e. The van der Waals surface area contributed by atoms with Gasteiger partial charge in [-0.1, -0.05) is 40.9 Å². The predicted octanol–water partition coefficient (Wildman–Crippen LogP) is 4.80. The molecule has 3 rings (SSSR count). The fraction of sp³-hybridized carbons (Fsp3) is 0.154. The predicted molar refractivity (Wildman–Crippen MR) is 138 cm³/mol. The van der Waals surface area contributed by atoms with Crippen molar-refractivity contribution in [2.24, 2.45) is 5.10 Å². The lowest BCUT2D eigenvalue weighted by atomic mass is 10.1. The van der Waals surface area contributed by atoms with Crippen molar-refractivity contribution in [1.82, 2.24) is 10.7 Å². The molecule has 36 heavy (non-hydrogen) atoms. The Morgan fingerprint density at radius 3 is 2.53 bits per heavy atom. The summed E-state index contributed by atoms with van der Waals surface area (Å²) in [5, 5.41) is 7.00. The molecule has 0 saturated heterocycles. The van der Waals surface area contributed by atoms with Crippen LogP contribution in [-0.2, 0) is 4.79 Å². The number of amides is 2. The molecular weight excluding hydrogens is 505 g/mol. The fourth-order valence-corrected chi connectivity index (χ4v) is 3.52. The van der Waals surface area contributed by atoms with Crippen LogP contribution in [0.4, 0.5) is 0 Å². The van der Waals surface area contributed by atoms with E-state index < -0.39 is 11.9 Å². The molecule has 0 aromatic heterocycles. The molecule has 0 aliphatic carbocycles. The van der Waals surface area contributed by atoms with Gasteiger partial charge in [0.15, 0.2) is 11.5 Å². The number of hydrazone groups is 1. The summed E-state index contributed by atoms with van der Waals surface area (Å²) in [6.45, 7) is 3.75. The summed E-state index contributed by atoms with van der Waals surface area (Å²) in [6.07, 6.45) is 1.39. The van der Waals surface area contributed by atoms with Gasteiger partial charge in [0, 0.05) is 10.6 Å². The van der Waals surface area contributed by atoms with E-state index in [4.69, 9.17) is 32.7 Å². The summed E-state index contributed by atoms with van der Waals surface area (Å²) < 4.78 is 11.0. The van der Waals surface area contributed by atoms with E-state index in [-0.39, 0.29) is 28.8 Å². The van der Waals surface area contributed by atoms with Crippen molar-refractivity contribution in [3.8, 4) is 11.5 Å². The van der Waals surface area contributed by atoms with Gasteiger partial charge in [0.05, 0.1) is 30.0 Å². The Balaban J connectivity index is 1.59. The van der Waals surface area contributed by atoms with Gasteiger partial charge in [-0.15, -0.1) is 0 Å². The summed E-state index contributed by atoms with van der Waals surface area (Å²) in [6, 6.07) is 16.3. The van der Waals surface area contributed by atoms with Crippen molar-refractivity contribution in [2.75, 3.05) is 13.2 Å². The van der Waals surface area contributed by atoms with Crippen molar-refractivity contribution in [3.63, 3.8) is 0 Å². The van der Waals surface area contributed by atoms with E-state index in [9.17, 15) is 14.4 Å². The van der Waals surface area contributed by atoms with Crippen LogP contribution >= 0.6 is 23.2 Å². The highest BCUT2D eigenvalue weighted by molar-refractivity contribution is 6.36. The second kappa shape index (κ2) is 12.7. The largest absolute Gasteiger partial charge is 0.490 e. The van der Waals surface area contributed by atoms with Crippen LogP contribution in [0.2, 0.25) is 10.0 Å². The Labute approximate surface area is 218 Å². The van der Waals surface area contributed by atoms with E-state index in [1.807, 2.05) is 13.0 Å². The molecule has 0 radical (unpaired) electrons. The van der Waals surface area contributed by atoms with Crippen LogP contribution in [0.1, 0.15) is 38.8 Å². The maximum Gasteiger partial charge on any atom is 0.345 e. The van der Waals surface area contributed by atoms with Crippen molar-refractivity contribution in [1.29, 1.82) is 0 Å². The number of aryl methyl sites for hydroxylation is 1. The van der Waals surface area contributed by atoms with Crippen LogP contribution in [0.25, 0.3) is 0 Å². The molecule has 8 nitrogen and oxygen atoms in total. The molecule has 3 aromatic rings. The topological polar surface area (TPSA) is 106 Å². The summed E-state index contributed by atoms with van der Waals surface area (Å²) in [5.74, 6) is -1.03. The van der Waals surface area contributed by atoms with E-state index in [1.54, 1.807) is 37.3 Å².